The minimum Gasteiger partial charge on any atom is -0.333 e. The number of amides is 1. The lowest BCUT2D eigenvalue weighted by Gasteiger charge is -2.24. The Morgan fingerprint density at radius 2 is 2.17 bits per heavy atom. The molecule has 0 unspecified atom stereocenters. The molecule has 1 aliphatic heterocycles. The summed E-state index contributed by atoms with van der Waals surface area (Å²) in [5.41, 5.74) is 6.32. The van der Waals surface area contributed by atoms with E-state index in [4.69, 9.17) is 5.73 Å². The van der Waals surface area contributed by atoms with E-state index in [2.05, 4.69) is 25.3 Å². The Morgan fingerprint density at radius 1 is 1.39 bits per heavy atom. The summed E-state index contributed by atoms with van der Waals surface area (Å²) in [6.07, 6.45) is 5.14. The van der Waals surface area contributed by atoms with E-state index in [1.54, 1.807) is 23.4 Å². The summed E-state index contributed by atoms with van der Waals surface area (Å²) >= 11 is 0. The third-order valence-electron chi connectivity index (χ3n) is 3.75. The van der Waals surface area contributed by atoms with Crippen molar-refractivity contribution in [3.63, 3.8) is 0 Å². The number of hydrogen-bond acceptors (Lipinski definition) is 7. The first-order chi connectivity index (χ1) is 11.2. The molecule has 0 aromatic carbocycles. The molecule has 120 valence electrons. The third-order valence-corrected chi connectivity index (χ3v) is 3.75. The first-order valence-corrected chi connectivity index (χ1v) is 7.56. The molecule has 2 aromatic heterocycles. The number of hydrogen-bond donors (Lipinski definition) is 2. The molecule has 0 radical (unpaired) electrons. The number of aromatic nitrogens is 4. The van der Waals surface area contributed by atoms with Crippen molar-refractivity contribution in [1.82, 2.24) is 24.8 Å². The molecule has 1 atom stereocenters. The zero-order valence-electron chi connectivity index (χ0n) is 12.9. The molecule has 2 aromatic rings. The number of carbonyl (C=O) groups is 1. The fraction of sp³-hybridized carbons (Fsp3) is 0.400. The van der Waals surface area contributed by atoms with E-state index in [1.165, 1.54) is 0 Å². The molecule has 0 aliphatic carbocycles. The Labute approximate surface area is 134 Å². The van der Waals surface area contributed by atoms with Gasteiger partial charge in [-0.25, -0.2) is 19.9 Å². The highest BCUT2D eigenvalue weighted by molar-refractivity contribution is 5.78. The number of nitrogens with two attached hydrogens (primary N) is 1. The summed E-state index contributed by atoms with van der Waals surface area (Å²) < 4.78 is 0. The minimum atomic E-state index is -0.0512. The quantitative estimate of drug-likeness (QED) is 0.864. The van der Waals surface area contributed by atoms with E-state index in [9.17, 15) is 4.79 Å². The molecule has 0 saturated carbocycles. The zero-order valence-corrected chi connectivity index (χ0v) is 12.9. The summed E-state index contributed by atoms with van der Waals surface area (Å²) in [6.45, 7) is 2.56. The number of nitrogens with zero attached hydrogens (tertiary/aromatic N) is 5. The van der Waals surface area contributed by atoms with Gasteiger partial charge in [0.2, 0.25) is 11.9 Å². The second kappa shape index (κ2) is 6.66. The Bertz CT molecular complexity index is 691. The Morgan fingerprint density at radius 3 is 2.91 bits per heavy atom. The van der Waals surface area contributed by atoms with Gasteiger partial charge in [-0.3, -0.25) is 4.79 Å². The van der Waals surface area contributed by atoms with Crippen LogP contribution < -0.4 is 11.1 Å². The van der Waals surface area contributed by atoms with Gasteiger partial charge >= 0.3 is 0 Å². The lowest BCUT2D eigenvalue weighted by atomic mass is 10.1. The van der Waals surface area contributed by atoms with Gasteiger partial charge in [0, 0.05) is 25.0 Å². The fourth-order valence-electron chi connectivity index (χ4n) is 2.79. The standard InChI is InChI=1S/C15H19N7O/c1-10-19-11(12-4-2-7-22(12)14(23)9-16)8-13(20-10)21-15-17-5-3-6-18-15/h3,5-6,8,12H,2,4,7,9,16H2,1H3,(H,17,18,19,20,21)/t12-/m1/s1. The van der Waals surface area contributed by atoms with Gasteiger partial charge in [-0.05, 0) is 25.8 Å². The molecule has 3 rings (SSSR count). The van der Waals surface area contributed by atoms with E-state index in [0.29, 0.717) is 24.1 Å². The third kappa shape index (κ3) is 3.42. The molecule has 23 heavy (non-hydrogen) atoms. The van der Waals surface area contributed by atoms with Crippen LogP contribution in [0.2, 0.25) is 0 Å². The summed E-state index contributed by atoms with van der Waals surface area (Å²) in [4.78, 5) is 30.9. The van der Waals surface area contributed by atoms with Crippen LogP contribution >= 0.6 is 0 Å². The van der Waals surface area contributed by atoms with Crippen molar-refractivity contribution < 1.29 is 4.79 Å². The predicted octanol–water partition coefficient (Wildman–Crippen LogP) is 0.941. The highest BCUT2D eigenvalue weighted by Gasteiger charge is 2.30. The molecule has 8 nitrogen and oxygen atoms in total. The molecule has 0 spiro atoms. The van der Waals surface area contributed by atoms with Gasteiger partial charge in [-0.15, -0.1) is 0 Å². The second-order valence-corrected chi connectivity index (χ2v) is 5.37. The number of rotatable bonds is 4. The van der Waals surface area contributed by atoms with Crippen LogP contribution in [0.3, 0.4) is 0 Å². The van der Waals surface area contributed by atoms with Crippen molar-refractivity contribution in [1.29, 1.82) is 0 Å². The molecule has 0 bridgehead atoms. The lowest BCUT2D eigenvalue weighted by Crippen LogP contribution is -2.35. The van der Waals surface area contributed by atoms with Crippen molar-refractivity contribution in [3.05, 3.63) is 36.0 Å². The Hall–Kier alpha value is -2.61. The normalized spacial score (nSPS) is 17.3. The van der Waals surface area contributed by atoms with Crippen molar-refractivity contribution in [2.75, 3.05) is 18.4 Å². The monoisotopic (exact) mass is 313 g/mol. The van der Waals surface area contributed by atoms with E-state index >= 15 is 0 Å². The molecular formula is C15H19N7O. The average molecular weight is 313 g/mol. The lowest BCUT2D eigenvalue weighted by molar-refractivity contribution is -0.130. The number of anilines is 2. The minimum absolute atomic E-state index is 0.0174. The van der Waals surface area contributed by atoms with Gasteiger partial charge in [-0.2, -0.15) is 0 Å². The Kier molecular flexibility index (Phi) is 4.42. The summed E-state index contributed by atoms with van der Waals surface area (Å²) in [5.74, 6) is 1.67. The highest BCUT2D eigenvalue weighted by atomic mass is 16.2. The summed E-state index contributed by atoms with van der Waals surface area (Å²) in [7, 11) is 0. The van der Waals surface area contributed by atoms with E-state index in [-0.39, 0.29) is 18.5 Å². The molecule has 3 N–H and O–H groups in total. The van der Waals surface area contributed by atoms with Gasteiger partial charge in [-0.1, -0.05) is 0 Å². The number of aryl methyl sites for hydroxylation is 1. The van der Waals surface area contributed by atoms with E-state index in [0.717, 1.165) is 18.5 Å². The van der Waals surface area contributed by atoms with Gasteiger partial charge in [0.25, 0.3) is 0 Å². The molecule has 1 amide bonds. The topological polar surface area (TPSA) is 110 Å². The summed E-state index contributed by atoms with van der Waals surface area (Å²) in [5, 5.41) is 3.07. The average Bonchev–Trinajstić information content (AvgIpc) is 3.04. The van der Waals surface area contributed by atoms with Gasteiger partial charge in [0.1, 0.15) is 11.6 Å². The maximum absolute atomic E-state index is 12.0. The van der Waals surface area contributed by atoms with Crippen LogP contribution in [-0.2, 0) is 4.79 Å². The zero-order chi connectivity index (χ0) is 16.2. The summed E-state index contributed by atoms with van der Waals surface area (Å²) in [6, 6.07) is 3.54. The second-order valence-electron chi connectivity index (χ2n) is 5.37. The molecule has 1 fully saturated rings. The first kappa shape index (κ1) is 15.3. The van der Waals surface area contributed by atoms with Crippen molar-refractivity contribution in [3.8, 4) is 0 Å². The molecule has 1 aliphatic rings. The molecule has 8 heteroatoms. The molecular weight excluding hydrogens is 294 g/mol. The van der Waals surface area contributed by atoms with Crippen LogP contribution in [0.15, 0.2) is 24.5 Å². The molecule has 1 saturated heterocycles. The van der Waals surface area contributed by atoms with Crippen LogP contribution in [0.5, 0.6) is 0 Å². The fourth-order valence-corrected chi connectivity index (χ4v) is 2.79. The number of likely N-dealkylation sites (tertiary alicyclic amines) is 1. The van der Waals surface area contributed by atoms with Crippen LogP contribution in [0.4, 0.5) is 11.8 Å². The smallest absolute Gasteiger partial charge is 0.236 e. The van der Waals surface area contributed by atoms with Crippen LogP contribution in [0.1, 0.15) is 30.4 Å². The van der Waals surface area contributed by atoms with Crippen molar-refractivity contribution >= 4 is 17.7 Å². The van der Waals surface area contributed by atoms with Crippen LogP contribution in [-0.4, -0.2) is 43.8 Å². The highest BCUT2D eigenvalue weighted by Crippen LogP contribution is 2.31. The maximum atomic E-state index is 12.0. The van der Waals surface area contributed by atoms with E-state index in [1.807, 2.05) is 13.0 Å². The SMILES string of the molecule is Cc1nc(Nc2ncccn2)cc([C@H]2CCCN2C(=O)CN)n1. The van der Waals surface area contributed by atoms with Crippen LogP contribution in [0.25, 0.3) is 0 Å². The van der Waals surface area contributed by atoms with E-state index < -0.39 is 0 Å². The van der Waals surface area contributed by atoms with Crippen molar-refractivity contribution in [2.45, 2.75) is 25.8 Å². The van der Waals surface area contributed by atoms with Gasteiger partial charge in [0.05, 0.1) is 18.3 Å². The Balaban J connectivity index is 1.87. The molecule has 3 heterocycles. The predicted molar refractivity (Wildman–Crippen MR) is 84.8 cm³/mol. The van der Waals surface area contributed by atoms with Crippen LogP contribution in [0, 0.1) is 6.92 Å². The number of carbonyl (C=O) groups excluding carboxylic acids is 1. The van der Waals surface area contributed by atoms with Gasteiger partial charge in [0.15, 0.2) is 0 Å². The maximum Gasteiger partial charge on any atom is 0.236 e. The van der Waals surface area contributed by atoms with Gasteiger partial charge < -0.3 is 16.0 Å². The van der Waals surface area contributed by atoms with Crippen molar-refractivity contribution in [2.24, 2.45) is 5.73 Å². The largest absolute Gasteiger partial charge is 0.333 e. The first-order valence-electron chi connectivity index (χ1n) is 7.56. The number of nitrogens with one attached hydrogen (secondary N) is 1.